The highest BCUT2D eigenvalue weighted by atomic mass is 16.2. The van der Waals surface area contributed by atoms with Crippen LogP contribution in [0.2, 0.25) is 0 Å². The molecule has 0 bridgehead atoms. The van der Waals surface area contributed by atoms with Gasteiger partial charge in [-0.25, -0.2) is 0 Å². The van der Waals surface area contributed by atoms with E-state index in [2.05, 4.69) is 5.10 Å². The summed E-state index contributed by atoms with van der Waals surface area (Å²) in [5.41, 5.74) is 8.31. The van der Waals surface area contributed by atoms with E-state index in [4.69, 9.17) is 5.73 Å². The topological polar surface area (TPSA) is 64.2 Å². The first kappa shape index (κ1) is 14.8. The molecule has 116 valence electrons. The van der Waals surface area contributed by atoms with Gasteiger partial charge in [0.25, 0.3) is 0 Å². The maximum absolute atomic E-state index is 12.6. The largest absolute Gasteiger partial charge is 0.335 e. The van der Waals surface area contributed by atoms with E-state index in [1.807, 2.05) is 54.7 Å². The summed E-state index contributed by atoms with van der Waals surface area (Å²) in [4.78, 5) is 14.6. The van der Waals surface area contributed by atoms with Crippen molar-refractivity contribution in [2.24, 2.45) is 12.8 Å². The van der Waals surface area contributed by atoms with Gasteiger partial charge in [-0.3, -0.25) is 9.48 Å². The molecule has 3 rings (SSSR count). The molecule has 1 aromatic carbocycles. The summed E-state index contributed by atoms with van der Waals surface area (Å²) in [7, 11) is 1.90. The lowest BCUT2D eigenvalue weighted by Gasteiger charge is -2.25. The van der Waals surface area contributed by atoms with Crippen LogP contribution < -0.4 is 5.73 Å². The Labute approximate surface area is 130 Å². The first-order chi connectivity index (χ1) is 10.6. The van der Waals surface area contributed by atoms with Gasteiger partial charge in [0.05, 0.1) is 12.2 Å². The highest BCUT2D eigenvalue weighted by Crippen LogP contribution is 2.32. The molecule has 0 spiro atoms. The minimum atomic E-state index is -0.246. The number of hydrogen-bond donors (Lipinski definition) is 1. The molecular weight excluding hydrogens is 276 g/mol. The second kappa shape index (κ2) is 6.32. The number of hydrogen-bond acceptors (Lipinski definition) is 3. The molecule has 1 aliphatic rings. The number of aromatic nitrogens is 2. The molecule has 5 nitrogen and oxygen atoms in total. The molecule has 0 aliphatic carbocycles. The fourth-order valence-corrected chi connectivity index (χ4v) is 3.15. The number of rotatable bonds is 4. The maximum Gasteiger partial charge on any atom is 0.224 e. The van der Waals surface area contributed by atoms with E-state index in [0.717, 1.165) is 30.5 Å². The normalized spacial score (nSPS) is 19.4. The molecule has 2 aromatic rings. The molecule has 1 aromatic heterocycles. The van der Waals surface area contributed by atoms with Crippen LogP contribution in [0.3, 0.4) is 0 Å². The molecule has 1 fully saturated rings. The van der Waals surface area contributed by atoms with Gasteiger partial charge >= 0.3 is 0 Å². The van der Waals surface area contributed by atoms with Gasteiger partial charge in [-0.05, 0) is 18.4 Å². The van der Waals surface area contributed by atoms with Crippen LogP contribution in [0.4, 0.5) is 0 Å². The van der Waals surface area contributed by atoms with Crippen LogP contribution in [0.5, 0.6) is 0 Å². The molecule has 0 saturated carbocycles. The molecule has 22 heavy (non-hydrogen) atoms. The van der Waals surface area contributed by atoms with Crippen molar-refractivity contribution in [2.45, 2.75) is 31.3 Å². The molecular formula is C17H22N4O. The van der Waals surface area contributed by atoms with Crippen LogP contribution in [-0.4, -0.2) is 27.1 Å². The molecule has 1 amide bonds. The van der Waals surface area contributed by atoms with Gasteiger partial charge in [-0.1, -0.05) is 30.3 Å². The zero-order valence-corrected chi connectivity index (χ0v) is 12.9. The fraction of sp³-hybridized carbons (Fsp3) is 0.412. The lowest BCUT2D eigenvalue weighted by molar-refractivity contribution is -0.132. The van der Waals surface area contributed by atoms with Crippen LogP contribution >= 0.6 is 0 Å². The van der Waals surface area contributed by atoms with Crippen LogP contribution in [-0.2, 0) is 11.8 Å². The van der Waals surface area contributed by atoms with Crippen molar-refractivity contribution in [1.82, 2.24) is 14.7 Å². The first-order valence-corrected chi connectivity index (χ1v) is 7.73. The Bertz CT molecular complexity index is 637. The number of amides is 1. The number of benzene rings is 1. The van der Waals surface area contributed by atoms with Crippen molar-refractivity contribution < 1.29 is 4.79 Å². The monoisotopic (exact) mass is 298 g/mol. The predicted molar refractivity (Wildman–Crippen MR) is 84.9 cm³/mol. The van der Waals surface area contributed by atoms with Crippen molar-refractivity contribution in [3.8, 4) is 0 Å². The molecule has 2 unspecified atom stereocenters. The van der Waals surface area contributed by atoms with E-state index in [0.29, 0.717) is 6.42 Å². The predicted octanol–water partition coefficient (Wildman–Crippen LogP) is 2.17. The highest BCUT2D eigenvalue weighted by Gasteiger charge is 2.31. The van der Waals surface area contributed by atoms with E-state index >= 15 is 0 Å². The van der Waals surface area contributed by atoms with E-state index < -0.39 is 0 Å². The number of carbonyl (C=O) groups is 1. The summed E-state index contributed by atoms with van der Waals surface area (Å²) in [5.74, 6) is 0.128. The summed E-state index contributed by atoms with van der Waals surface area (Å²) >= 11 is 0. The number of aryl methyl sites for hydroxylation is 1. The first-order valence-electron chi connectivity index (χ1n) is 7.73. The second-order valence-corrected chi connectivity index (χ2v) is 5.91. The zero-order chi connectivity index (χ0) is 15.5. The van der Waals surface area contributed by atoms with E-state index in [9.17, 15) is 4.79 Å². The van der Waals surface area contributed by atoms with Gasteiger partial charge in [-0.2, -0.15) is 5.10 Å². The quantitative estimate of drug-likeness (QED) is 0.941. The Balaban J connectivity index is 1.69. The molecule has 2 heterocycles. The van der Waals surface area contributed by atoms with Crippen molar-refractivity contribution in [2.75, 3.05) is 6.54 Å². The highest BCUT2D eigenvalue weighted by molar-refractivity contribution is 5.78. The minimum Gasteiger partial charge on any atom is -0.335 e. The van der Waals surface area contributed by atoms with Gasteiger partial charge in [0.15, 0.2) is 0 Å². The molecule has 1 aliphatic heterocycles. The third-order valence-corrected chi connectivity index (χ3v) is 4.31. The number of nitrogens with zero attached hydrogens (tertiary/aromatic N) is 3. The lowest BCUT2D eigenvalue weighted by atomic mass is 10.0. The van der Waals surface area contributed by atoms with Crippen molar-refractivity contribution >= 4 is 5.91 Å². The SMILES string of the molecule is Cn1cc(C2CCCN2C(=O)CC(N)c2ccccc2)cn1. The average Bonchev–Trinajstić information content (AvgIpc) is 3.16. The Morgan fingerprint density at radius 3 is 2.86 bits per heavy atom. The Morgan fingerprint density at radius 2 is 2.18 bits per heavy atom. The minimum absolute atomic E-state index is 0.128. The van der Waals surface area contributed by atoms with Gasteiger partial charge in [0.2, 0.25) is 5.91 Å². The zero-order valence-electron chi connectivity index (χ0n) is 12.9. The smallest absolute Gasteiger partial charge is 0.224 e. The molecule has 0 radical (unpaired) electrons. The van der Waals surface area contributed by atoms with Crippen LogP contribution in [0.1, 0.15) is 42.5 Å². The Hall–Kier alpha value is -2.14. The van der Waals surface area contributed by atoms with Crippen molar-refractivity contribution in [1.29, 1.82) is 0 Å². The van der Waals surface area contributed by atoms with Crippen LogP contribution in [0.15, 0.2) is 42.7 Å². The van der Waals surface area contributed by atoms with Crippen molar-refractivity contribution in [3.63, 3.8) is 0 Å². The van der Waals surface area contributed by atoms with E-state index in [1.165, 1.54) is 0 Å². The van der Waals surface area contributed by atoms with E-state index in [1.54, 1.807) is 4.68 Å². The second-order valence-electron chi connectivity index (χ2n) is 5.91. The summed E-state index contributed by atoms with van der Waals surface area (Å²) < 4.78 is 1.78. The molecule has 2 N–H and O–H groups in total. The lowest BCUT2D eigenvalue weighted by Crippen LogP contribution is -2.32. The number of likely N-dealkylation sites (tertiary alicyclic amines) is 1. The Morgan fingerprint density at radius 1 is 1.41 bits per heavy atom. The molecule has 2 atom stereocenters. The summed E-state index contributed by atoms with van der Waals surface area (Å²) in [5, 5.41) is 4.22. The molecule has 5 heteroatoms. The third kappa shape index (κ3) is 3.04. The summed E-state index contributed by atoms with van der Waals surface area (Å²) in [6.07, 6.45) is 6.23. The average molecular weight is 298 g/mol. The fourth-order valence-electron chi connectivity index (χ4n) is 3.15. The number of carbonyl (C=O) groups excluding carboxylic acids is 1. The van der Waals surface area contributed by atoms with Crippen LogP contribution in [0.25, 0.3) is 0 Å². The van der Waals surface area contributed by atoms with Gasteiger partial charge in [-0.15, -0.1) is 0 Å². The molecule has 1 saturated heterocycles. The number of nitrogens with two attached hydrogens (primary N) is 1. The van der Waals surface area contributed by atoms with E-state index in [-0.39, 0.29) is 18.0 Å². The third-order valence-electron chi connectivity index (χ3n) is 4.31. The van der Waals surface area contributed by atoms with Gasteiger partial charge in [0, 0.05) is 37.8 Å². The maximum atomic E-state index is 12.6. The summed E-state index contributed by atoms with van der Waals surface area (Å²) in [6.45, 7) is 0.805. The standard InChI is InChI=1S/C17H22N4O/c1-20-12-14(11-19-20)16-8-5-9-21(16)17(22)10-15(18)13-6-3-2-4-7-13/h2-4,6-7,11-12,15-16H,5,8-10,18H2,1H3. The summed E-state index contributed by atoms with van der Waals surface area (Å²) in [6, 6.07) is 9.70. The van der Waals surface area contributed by atoms with Crippen molar-refractivity contribution in [3.05, 3.63) is 53.9 Å². The van der Waals surface area contributed by atoms with Gasteiger partial charge < -0.3 is 10.6 Å². The van der Waals surface area contributed by atoms with Crippen LogP contribution in [0, 0.1) is 0 Å². The Kier molecular flexibility index (Phi) is 4.24. The van der Waals surface area contributed by atoms with Gasteiger partial charge in [0.1, 0.15) is 0 Å².